The minimum Gasteiger partial charge on any atom is -0.309 e. The molecule has 5 nitrogen and oxygen atoms in total. The van der Waals surface area contributed by atoms with Gasteiger partial charge in [-0.1, -0.05) is 91.0 Å². The van der Waals surface area contributed by atoms with Crippen LogP contribution in [-0.4, -0.2) is 9.13 Å². The Bertz CT molecular complexity index is 2960. The Morgan fingerprint density at radius 1 is 0.380 bits per heavy atom. The van der Waals surface area contributed by atoms with E-state index in [4.69, 9.17) is 0 Å². The molecule has 0 aliphatic carbocycles. The number of para-hydroxylation sites is 3. The van der Waals surface area contributed by atoms with Crippen molar-refractivity contribution in [1.82, 2.24) is 9.13 Å². The summed E-state index contributed by atoms with van der Waals surface area (Å²) in [4.78, 5) is 0. The maximum absolute atomic E-state index is 10.7. The van der Waals surface area contributed by atoms with Crippen molar-refractivity contribution in [3.05, 3.63) is 168 Å². The average molecular weight is 636 g/mol. The van der Waals surface area contributed by atoms with Gasteiger partial charge < -0.3 is 9.13 Å². The second-order valence-corrected chi connectivity index (χ2v) is 12.3. The maximum Gasteiger partial charge on any atom is 0.100 e. The highest BCUT2D eigenvalue weighted by atomic mass is 15.0. The van der Waals surface area contributed by atoms with Gasteiger partial charge in [-0.15, -0.1) is 0 Å². The van der Waals surface area contributed by atoms with Crippen LogP contribution in [0.2, 0.25) is 0 Å². The summed E-state index contributed by atoms with van der Waals surface area (Å²) >= 11 is 0. The smallest absolute Gasteiger partial charge is 0.100 e. The Labute approximate surface area is 287 Å². The van der Waals surface area contributed by atoms with Gasteiger partial charge in [0, 0.05) is 43.9 Å². The standard InChI is InChI=1S/C45H25N5/c46-26-29-17-23-44-39(24-29)37-10-3-6-15-43(37)50(44)42-14-5-1-8-35(42)34-12-7-11-33(40(34)28-48)31-18-20-32(21-19-31)49-41-13-4-2-9-36(41)38-22-16-30(27-47)25-45(38)49/h1-25H. The van der Waals surface area contributed by atoms with Crippen LogP contribution in [0.5, 0.6) is 0 Å². The van der Waals surface area contributed by atoms with Crippen molar-refractivity contribution < 1.29 is 0 Å². The maximum atomic E-state index is 10.7. The lowest BCUT2D eigenvalue weighted by molar-refractivity contribution is 1.18. The third-order valence-electron chi connectivity index (χ3n) is 9.65. The molecule has 0 saturated heterocycles. The van der Waals surface area contributed by atoms with Gasteiger partial charge in [0.2, 0.25) is 0 Å². The van der Waals surface area contributed by atoms with E-state index in [1.807, 2.05) is 91.0 Å². The third kappa shape index (κ3) is 4.31. The third-order valence-corrected chi connectivity index (χ3v) is 9.65. The van der Waals surface area contributed by atoms with Gasteiger partial charge in [-0.3, -0.25) is 0 Å². The largest absolute Gasteiger partial charge is 0.309 e. The van der Waals surface area contributed by atoms with Gasteiger partial charge in [0.05, 0.1) is 56.6 Å². The molecule has 230 valence electrons. The Morgan fingerprint density at radius 2 is 0.960 bits per heavy atom. The molecule has 5 heteroatoms. The van der Waals surface area contributed by atoms with Gasteiger partial charge in [0.15, 0.2) is 0 Å². The molecule has 0 aliphatic rings. The van der Waals surface area contributed by atoms with E-state index in [1.165, 1.54) is 0 Å². The molecule has 50 heavy (non-hydrogen) atoms. The quantitative estimate of drug-likeness (QED) is 0.193. The Kier molecular flexibility index (Phi) is 6.56. The molecule has 0 N–H and O–H groups in total. The fourth-order valence-corrected chi connectivity index (χ4v) is 7.44. The molecule has 9 rings (SSSR count). The molecular weight excluding hydrogens is 611 g/mol. The highest BCUT2D eigenvalue weighted by molar-refractivity contribution is 6.11. The number of nitriles is 3. The zero-order valence-corrected chi connectivity index (χ0v) is 26.7. The van der Waals surface area contributed by atoms with Gasteiger partial charge >= 0.3 is 0 Å². The van der Waals surface area contributed by atoms with Crippen molar-refractivity contribution in [3.8, 4) is 51.8 Å². The Morgan fingerprint density at radius 3 is 1.72 bits per heavy atom. The van der Waals surface area contributed by atoms with E-state index < -0.39 is 0 Å². The number of rotatable bonds is 4. The minimum atomic E-state index is 0.593. The van der Waals surface area contributed by atoms with Gasteiger partial charge in [-0.05, 0) is 66.2 Å². The second kappa shape index (κ2) is 11.4. The molecular formula is C45H25N5. The second-order valence-electron chi connectivity index (χ2n) is 12.3. The van der Waals surface area contributed by atoms with Crippen molar-refractivity contribution in [2.75, 3.05) is 0 Å². The number of nitrogens with zero attached hydrogens (tertiary/aromatic N) is 5. The van der Waals surface area contributed by atoms with Crippen molar-refractivity contribution in [2.45, 2.75) is 0 Å². The summed E-state index contributed by atoms with van der Waals surface area (Å²) in [6.07, 6.45) is 0. The Balaban J connectivity index is 1.20. The van der Waals surface area contributed by atoms with Crippen LogP contribution in [0.25, 0.3) is 77.2 Å². The summed E-state index contributed by atoms with van der Waals surface area (Å²) in [6.45, 7) is 0. The SMILES string of the molecule is N#Cc1ccc2c(c1)c1ccccc1n2-c1ccccc1-c1cccc(-c2ccc(-n3c4ccccc4c4ccc(C#N)cc43)cc2)c1C#N. The molecule has 0 unspecified atom stereocenters. The number of hydrogen-bond acceptors (Lipinski definition) is 3. The van der Waals surface area contributed by atoms with E-state index in [0.29, 0.717) is 16.7 Å². The van der Waals surface area contributed by atoms with Crippen LogP contribution in [0.3, 0.4) is 0 Å². The van der Waals surface area contributed by atoms with Crippen molar-refractivity contribution in [3.63, 3.8) is 0 Å². The van der Waals surface area contributed by atoms with Crippen LogP contribution in [-0.2, 0) is 0 Å². The summed E-state index contributed by atoms with van der Waals surface area (Å²) in [7, 11) is 0. The zero-order valence-electron chi connectivity index (χ0n) is 26.7. The average Bonchev–Trinajstić information content (AvgIpc) is 3.69. The molecule has 0 aliphatic heterocycles. The van der Waals surface area contributed by atoms with Crippen LogP contribution < -0.4 is 0 Å². The lowest BCUT2D eigenvalue weighted by Crippen LogP contribution is -1.99. The molecule has 9 aromatic rings. The van der Waals surface area contributed by atoms with E-state index in [-0.39, 0.29) is 0 Å². The van der Waals surface area contributed by atoms with Crippen molar-refractivity contribution in [1.29, 1.82) is 15.8 Å². The lowest BCUT2D eigenvalue weighted by atomic mass is 9.91. The van der Waals surface area contributed by atoms with Crippen LogP contribution in [0.1, 0.15) is 16.7 Å². The first-order valence-electron chi connectivity index (χ1n) is 16.3. The molecule has 0 spiro atoms. The van der Waals surface area contributed by atoms with Gasteiger partial charge in [0.1, 0.15) is 6.07 Å². The van der Waals surface area contributed by atoms with E-state index in [9.17, 15) is 15.8 Å². The molecule has 2 heterocycles. The first-order valence-corrected chi connectivity index (χ1v) is 16.3. The van der Waals surface area contributed by atoms with Crippen LogP contribution in [0.4, 0.5) is 0 Å². The topological polar surface area (TPSA) is 81.2 Å². The molecule has 0 amide bonds. The molecule has 0 fully saturated rings. The number of hydrogen-bond donors (Lipinski definition) is 0. The molecule has 0 radical (unpaired) electrons. The van der Waals surface area contributed by atoms with Gasteiger partial charge in [-0.25, -0.2) is 0 Å². The van der Waals surface area contributed by atoms with Crippen LogP contribution >= 0.6 is 0 Å². The van der Waals surface area contributed by atoms with E-state index in [2.05, 4.69) is 88.0 Å². The zero-order chi connectivity index (χ0) is 33.8. The van der Waals surface area contributed by atoms with E-state index >= 15 is 0 Å². The van der Waals surface area contributed by atoms with E-state index in [1.54, 1.807) is 0 Å². The summed E-state index contributed by atoms with van der Waals surface area (Å²) in [6, 6.07) is 57.8. The number of fused-ring (bicyclic) bond motifs is 6. The predicted molar refractivity (Wildman–Crippen MR) is 200 cm³/mol. The summed E-state index contributed by atoms with van der Waals surface area (Å²) < 4.78 is 4.42. The summed E-state index contributed by atoms with van der Waals surface area (Å²) in [5.74, 6) is 0. The monoisotopic (exact) mass is 635 g/mol. The van der Waals surface area contributed by atoms with Crippen molar-refractivity contribution in [2.24, 2.45) is 0 Å². The Hall–Kier alpha value is -7.39. The van der Waals surface area contributed by atoms with E-state index in [0.717, 1.165) is 77.2 Å². The fourth-order valence-electron chi connectivity index (χ4n) is 7.44. The first kappa shape index (κ1) is 28.8. The normalized spacial score (nSPS) is 11.1. The van der Waals surface area contributed by atoms with Crippen molar-refractivity contribution >= 4 is 43.6 Å². The summed E-state index contributed by atoms with van der Waals surface area (Å²) in [5.41, 5.74) is 11.4. The molecule has 2 aromatic heterocycles. The van der Waals surface area contributed by atoms with Crippen LogP contribution in [0.15, 0.2) is 152 Å². The molecule has 7 aromatic carbocycles. The minimum absolute atomic E-state index is 0.593. The molecule has 0 saturated carbocycles. The first-order chi connectivity index (χ1) is 24.7. The summed E-state index contributed by atoms with van der Waals surface area (Å²) in [5, 5.41) is 34.3. The van der Waals surface area contributed by atoms with Crippen LogP contribution in [0, 0.1) is 34.0 Å². The van der Waals surface area contributed by atoms with Gasteiger partial charge in [0.25, 0.3) is 0 Å². The number of benzene rings is 7. The number of aromatic nitrogens is 2. The van der Waals surface area contributed by atoms with Gasteiger partial charge in [-0.2, -0.15) is 15.8 Å². The fraction of sp³-hybridized carbons (Fsp3) is 0. The highest BCUT2D eigenvalue weighted by Crippen LogP contribution is 2.40. The molecule has 0 atom stereocenters. The molecule has 0 bridgehead atoms. The highest BCUT2D eigenvalue weighted by Gasteiger charge is 2.19. The lowest BCUT2D eigenvalue weighted by Gasteiger charge is -2.17. The predicted octanol–water partition coefficient (Wildman–Crippen LogP) is 10.8.